The highest BCUT2D eigenvalue weighted by molar-refractivity contribution is 8.01. The lowest BCUT2D eigenvalue weighted by molar-refractivity contribution is -0.387. The van der Waals surface area contributed by atoms with Gasteiger partial charge < -0.3 is 5.32 Å². The number of aryl methyl sites for hydroxylation is 1. The van der Waals surface area contributed by atoms with Gasteiger partial charge >= 0.3 is 0 Å². The van der Waals surface area contributed by atoms with Crippen LogP contribution in [-0.2, 0) is 4.79 Å². The highest BCUT2D eigenvalue weighted by atomic mass is 35.5. The molecule has 0 fully saturated rings. The summed E-state index contributed by atoms with van der Waals surface area (Å²) in [6.07, 6.45) is 1.27. The van der Waals surface area contributed by atoms with E-state index < -0.39 is 22.6 Å². The maximum Gasteiger partial charge on any atom is 0.283 e. The third-order valence-electron chi connectivity index (χ3n) is 6.89. The summed E-state index contributed by atoms with van der Waals surface area (Å²) in [6.45, 7) is 1.82. The van der Waals surface area contributed by atoms with E-state index in [1.54, 1.807) is 66.7 Å². The Morgan fingerprint density at radius 1 is 1.07 bits per heavy atom. The SMILES string of the molecule is Cc1ccc(NC(=O)/C(C#N)=C/c2ccc(Sc3nc4ccc(N5C(=O)c6ccccc6C5=O)cc4s3)c([N+](=O)[O-])c2)cc1Cl. The van der Waals surface area contributed by atoms with Gasteiger partial charge in [0, 0.05) is 16.8 Å². The Morgan fingerprint density at radius 3 is 2.47 bits per heavy atom. The molecule has 220 valence electrons. The quantitative estimate of drug-likeness (QED) is 0.0620. The molecule has 0 unspecified atom stereocenters. The number of fused-ring (bicyclic) bond motifs is 2. The maximum absolute atomic E-state index is 12.9. The fourth-order valence-electron chi connectivity index (χ4n) is 4.63. The average Bonchev–Trinajstić information content (AvgIpc) is 3.54. The van der Waals surface area contributed by atoms with Crippen LogP contribution in [-0.4, -0.2) is 27.6 Å². The van der Waals surface area contributed by atoms with Gasteiger partial charge in [-0.15, -0.1) is 11.3 Å². The van der Waals surface area contributed by atoms with Crippen LogP contribution in [0.3, 0.4) is 0 Å². The number of halogens is 1. The molecule has 0 radical (unpaired) electrons. The van der Waals surface area contributed by atoms with Crippen LogP contribution in [0.25, 0.3) is 16.3 Å². The molecule has 1 N–H and O–H groups in total. The number of nitrogens with one attached hydrogen (secondary N) is 1. The Hall–Kier alpha value is -5.35. The Morgan fingerprint density at radius 2 is 1.80 bits per heavy atom. The predicted molar refractivity (Wildman–Crippen MR) is 173 cm³/mol. The van der Waals surface area contributed by atoms with Gasteiger partial charge in [-0.2, -0.15) is 5.26 Å². The van der Waals surface area contributed by atoms with Crippen molar-refractivity contribution in [3.63, 3.8) is 0 Å². The number of carbonyl (C=O) groups excluding carboxylic acids is 3. The molecule has 0 saturated carbocycles. The zero-order chi connectivity index (χ0) is 31.8. The highest BCUT2D eigenvalue weighted by Crippen LogP contribution is 2.40. The first-order chi connectivity index (χ1) is 21.6. The number of rotatable bonds is 7. The van der Waals surface area contributed by atoms with E-state index in [1.807, 2.05) is 13.0 Å². The molecule has 0 spiro atoms. The third kappa shape index (κ3) is 5.80. The number of benzene rings is 4. The number of amides is 3. The molecular weight excluding hydrogens is 634 g/mol. The van der Waals surface area contributed by atoms with Crippen molar-refractivity contribution in [3.05, 3.63) is 122 Å². The van der Waals surface area contributed by atoms with E-state index in [1.165, 1.54) is 29.5 Å². The molecule has 3 amide bonds. The van der Waals surface area contributed by atoms with Gasteiger partial charge in [-0.25, -0.2) is 9.88 Å². The maximum atomic E-state index is 12.9. The molecule has 0 atom stereocenters. The molecule has 2 heterocycles. The standard InChI is InChI=1S/C32H18ClN5O5S2/c1-17-6-8-20(14-24(17)33)35-29(39)19(16-34)12-18-7-11-27(26(13-18)38(42)43)44-32-36-25-10-9-21(15-28(25)45-32)37-30(40)22-4-2-3-5-23(22)31(37)41/h2-15H,1H3,(H,35,39)/b19-12+. The van der Waals surface area contributed by atoms with E-state index >= 15 is 0 Å². The molecule has 1 aliphatic rings. The number of nitro benzene ring substituents is 1. The van der Waals surface area contributed by atoms with Gasteiger partial charge in [0.2, 0.25) is 0 Å². The summed E-state index contributed by atoms with van der Waals surface area (Å²) >= 11 is 8.46. The van der Waals surface area contributed by atoms with Crippen molar-refractivity contribution < 1.29 is 19.3 Å². The van der Waals surface area contributed by atoms with Gasteiger partial charge in [-0.1, -0.05) is 47.6 Å². The van der Waals surface area contributed by atoms with Crippen LogP contribution in [0.5, 0.6) is 0 Å². The lowest BCUT2D eigenvalue weighted by atomic mass is 10.1. The second-order valence-corrected chi connectivity index (χ2v) is 12.5. The zero-order valence-electron chi connectivity index (χ0n) is 23.1. The van der Waals surface area contributed by atoms with Crippen LogP contribution in [0.1, 0.15) is 31.8 Å². The van der Waals surface area contributed by atoms with Crippen LogP contribution in [0.15, 0.2) is 93.7 Å². The number of imide groups is 1. The number of hydrogen-bond acceptors (Lipinski definition) is 9. The number of aromatic nitrogens is 1. The summed E-state index contributed by atoms with van der Waals surface area (Å²) in [4.78, 5) is 56.0. The molecular formula is C32H18ClN5O5S2. The number of hydrogen-bond donors (Lipinski definition) is 1. The number of nitro groups is 1. The van der Waals surface area contributed by atoms with E-state index in [2.05, 4.69) is 10.3 Å². The summed E-state index contributed by atoms with van der Waals surface area (Å²) in [5.41, 5.74) is 2.72. The second kappa shape index (κ2) is 12.0. The van der Waals surface area contributed by atoms with E-state index in [0.29, 0.717) is 47.0 Å². The first-order valence-electron chi connectivity index (χ1n) is 13.2. The van der Waals surface area contributed by atoms with Gasteiger partial charge in [-0.05, 0) is 72.7 Å². The summed E-state index contributed by atoms with van der Waals surface area (Å²) < 4.78 is 1.19. The van der Waals surface area contributed by atoms with Gasteiger partial charge in [0.1, 0.15) is 11.6 Å². The van der Waals surface area contributed by atoms with Crippen LogP contribution < -0.4 is 10.2 Å². The lowest BCUT2D eigenvalue weighted by Gasteiger charge is -2.13. The van der Waals surface area contributed by atoms with E-state index in [9.17, 15) is 29.8 Å². The average molecular weight is 652 g/mol. The molecule has 0 bridgehead atoms. The van der Waals surface area contributed by atoms with Crippen LogP contribution in [0, 0.1) is 28.4 Å². The smallest absolute Gasteiger partial charge is 0.283 e. The fraction of sp³-hybridized carbons (Fsp3) is 0.0312. The van der Waals surface area contributed by atoms with Crippen molar-refractivity contribution in [2.24, 2.45) is 0 Å². The van der Waals surface area contributed by atoms with Crippen LogP contribution in [0.2, 0.25) is 5.02 Å². The first-order valence-corrected chi connectivity index (χ1v) is 15.2. The second-order valence-electron chi connectivity index (χ2n) is 9.80. The van der Waals surface area contributed by atoms with Crippen molar-refractivity contribution >= 4 is 85.8 Å². The van der Waals surface area contributed by atoms with Gasteiger partial charge in [0.15, 0.2) is 4.34 Å². The Balaban J connectivity index is 1.24. The molecule has 1 aliphatic heterocycles. The zero-order valence-corrected chi connectivity index (χ0v) is 25.5. The summed E-state index contributed by atoms with van der Waals surface area (Å²) in [5, 5.41) is 24.7. The van der Waals surface area contributed by atoms with E-state index in [4.69, 9.17) is 11.6 Å². The lowest BCUT2D eigenvalue weighted by Crippen LogP contribution is -2.29. The monoisotopic (exact) mass is 651 g/mol. The Bertz CT molecular complexity index is 2140. The van der Waals surface area contributed by atoms with Crippen molar-refractivity contribution in [3.8, 4) is 6.07 Å². The number of nitrogens with zero attached hydrogens (tertiary/aromatic N) is 4. The molecule has 1 aromatic heterocycles. The predicted octanol–water partition coefficient (Wildman–Crippen LogP) is 7.66. The topological polar surface area (TPSA) is 146 Å². The minimum Gasteiger partial charge on any atom is -0.321 e. The first kappa shape index (κ1) is 29.7. The Kier molecular flexibility index (Phi) is 7.90. The molecule has 13 heteroatoms. The molecule has 10 nitrogen and oxygen atoms in total. The van der Waals surface area contributed by atoms with Crippen LogP contribution in [0.4, 0.5) is 17.1 Å². The van der Waals surface area contributed by atoms with Gasteiger partial charge in [0.25, 0.3) is 23.4 Å². The molecule has 6 rings (SSSR count). The molecule has 4 aromatic carbocycles. The van der Waals surface area contributed by atoms with Gasteiger partial charge in [0.05, 0.1) is 36.8 Å². The number of carbonyl (C=O) groups is 3. The summed E-state index contributed by atoms with van der Waals surface area (Å²) in [6, 6.07) is 22.8. The summed E-state index contributed by atoms with van der Waals surface area (Å²) in [7, 11) is 0. The minimum atomic E-state index is -0.687. The molecule has 45 heavy (non-hydrogen) atoms. The molecule has 0 aliphatic carbocycles. The minimum absolute atomic E-state index is 0.234. The number of anilines is 2. The molecule has 5 aromatic rings. The molecule has 0 saturated heterocycles. The normalized spacial score (nSPS) is 12.7. The summed E-state index contributed by atoms with van der Waals surface area (Å²) in [5.74, 6) is -1.50. The number of nitriles is 1. The van der Waals surface area contributed by atoms with Crippen molar-refractivity contribution in [2.45, 2.75) is 16.2 Å². The highest BCUT2D eigenvalue weighted by Gasteiger charge is 2.36. The van der Waals surface area contributed by atoms with E-state index in [0.717, 1.165) is 22.2 Å². The van der Waals surface area contributed by atoms with Crippen LogP contribution >= 0.6 is 34.7 Å². The van der Waals surface area contributed by atoms with E-state index in [-0.39, 0.29) is 16.8 Å². The fourth-order valence-corrected chi connectivity index (χ4v) is 6.95. The van der Waals surface area contributed by atoms with Crippen molar-refractivity contribution in [1.82, 2.24) is 4.98 Å². The van der Waals surface area contributed by atoms with Gasteiger partial charge in [-0.3, -0.25) is 24.5 Å². The van der Waals surface area contributed by atoms with Crippen molar-refractivity contribution in [1.29, 1.82) is 5.26 Å². The number of thiazole rings is 1. The largest absolute Gasteiger partial charge is 0.321 e. The third-order valence-corrected chi connectivity index (χ3v) is 9.44. The van der Waals surface area contributed by atoms with Crippen molar-refractivity contribution in [2.75, 3.05) is 10.2 Å². The Labute approximate surface area is 268 Å².